The standard InChI is InChI=1S/C16H22O4/c1-11-7-13(14(17)18)10-16(8-11,15(19)20)9-12-5-3-2-4-6-12/h7-8,12H,2-6,9-10H2,1H3,(H,17,18)(H,19,20). The number of rotatable bonds is 4. The molecule has 2 aliphatic rings. The van der Waals surface area contributed by atoms with Crippen LogP contribution in [0.15, 0.2) is 23.3 Å². The van der Waals surface area contributed by atoms with E-state index in [1.807, 2.05) is 0 Å². The van der Waals surface area contributed by atoms with E-state index in [0.29, 0.717) is 12.3 Å². The van der Waals surface area contributed by atoms with Crippen LogP contribution in [0.5, 0.6) is 0 Å². The quantitative estimate of drug-likeness (QED) is 0.826. The third-order valence-corrected chi connectivity index (χ3v) is 4.49. The first-order chi connectivity index (χ1) is 9.43. The van der Waals surface area contributed by atoms with Gasteiger partial charge >= 0.3 is 11.9 Å². The van der Waals surface area contributed by atoms with Crippen molar-refractivity contribution in [3.05, 3.63) is 23.3 Å². The Labute approximate surface area is 119 Å². The zero-order chi connectivity index (χ0) is 14.8. The fraction of sp³-hybridized carbons (Fsp3) is 0.625. The second kappa shape index (κ2) is 5.81. The van der Waals surface area contributed by atoms with Crippen LogP contribution in [0.2, 0.25) is 0 Å². The highest BCUT2D eigenvalue weighted by molar-refractivity contribution is 5.90. The summed E-state index contributed by atoms with van der Waals surface area (Å²) < 4.78 is 0. The molecule has 0 aliphatic heterocycles. The summed E-state index contributed by atoms with van der Waals surface area (Å²) in [5, 5.41) is 18.9. The predicted octanol–water partition coefficient (Wildman–Crippen LogP) is 3.39. The topological polar surface area (TPSA) is 74.6 Å². The average molecular weight is 278 g/mol. The van der Waals surface area contributed by atoms with Gasteiger partial charge in [-0.15, -0.1) is 0 Å². The monoisotopic (exact) mass is 278 g/mol. The molecular formula is C16H22O4. The zero-order valence-electron chi connectivity index (χ0n) is 11.9. The van der Waals surface area contributed by atoms with Crippen LogP contribution >= 0.6 is 0 Å². The molecule has 0 aromatic rings. The highest BCUT2D eigenvalue weighted by Crippen LogP contribution is 2.43. The van der Waals surface area contributed by atoms with Gasteiger partial charge in [0.25, 0.3) is 0 Å². The maximum atomic E-state index is 11.8. The van der Waals surface area contributed by atoms with Gasteiger partial charge in [0.05, 0.1) is 5.41 Å². The summed E-state index contributed by atoms with van der Waals surface area (Å²) in [7, 11) is 0. The molecular weight excluding hydrogens is 256 g/mol. The third-order valence-electron chi connectivity index (χ3n) is 4.49. The van der Waals surface area contributed by atoms with Crippen molar-refractivity contribution in [3.8, 4) is 0 Å². The van der Waals surface area contributed by atoms with Crippen molar-refractivity contribution in [3.63, 3.8) is 0 Å². The Morgan fingerprint density at radius 1 is 1.25 bits per heavy atom. The van der Waals surface area contributed by atoms with Crippen LogP contribution in [-0.2, 0) is 9.59 Å². The van der Waals surface area contributed by atoms with Gasteiger partial charge in [0.2, 0.25) is 0 Å². The van der Waals surface area contributed by atoms with E-state index in [0.717, 1.165) is 31.3 Å². The molecule has 2 rings (SSSR count). The van der Waals surface area contributed by atoms with E-state index < -0.39 is 17.4 Å². The molecule has 0 aromatic carbocycles. The molecule has 0 saturated heterocycles. The van der Waals surface area contributed by atoms with Crippen LogP contribution in [0, 0.1) is 11.3 Å². The molecule has 0 aromatic heterocycles. The summed E-state index contributed by atoms with van der Waals surface area (Å²) in [6, 6.07) is 0. The smallest absolute Gasteiger partial charge is 0.331 e. The predicted molar refractivity (Wildman–Crippen MR) is 75.4 cm³/mol. The number of carboxylic acids is 2. The summed E-state index contributed by atoms with van der Waals surface area (Å²) in [6.07, 6.45) is 9.68. The summed E-state index contributed by atoms with van der Waals surface area (Å²) in [5.74, 6) is -1.50. The van der Waals surface area contributed by atoms with Crippen LogP contribution in [0.3, 0.4) is 0 Å². The van der Waals surface area contributed by atoms with E-state index in [9.17, 15) is 19.8 Å². The summed E-state index contributed by atoms with van der Waals surface area (Å²) in [6.45, 7) is 1.78. The van der Waals surface area contributed by atoms with Gasteiger partial charge in [-0.25, -0.2) is 4.79 Å². The van der Waals surface area contributed by atoms with Crippen LogP contribution in [-0.4, -0.2) is 22.2 Å². The molecule has 0 spiro atoms. The zero-order valence-corrected chi connectivity index (χ0v) is 11.9. The molecule has 0 amide bonds. The normalized spacial score (nSPS) is 27.6. The minimum absolute atomic E-state index is 0.103. The van der Waals surface area contributed by atoms with Crippen molar-refractivity contribution < 1.29 is 19.8 Å². The molecule has 4 heteroatoms. The third kappa shape index (κ3) is 3.11. The molecule has 2 N–H and O–H groups in total. The van der Waals surface area contributed by atoms with Crippen molar-refractivity contribution in [2.24, 2.45) is 11.3 Å². The first-order valence-corrected chi connectivity index (χ1v) is 7.30. The number of hydrogen-bond donors (Lipinski definition) is 2. The first-order valence-electron chi connectivity index (χ1n) is 7.30. The second-order valence-corrected chi connectivity index (χ2v) is 6.21. The lowest BCUT2D eigenvalue weighted by atomic mass is 9.68. The van der Waals surface area contributed by atoms with Gasteiger partial charge in [-0.2, -0.15) is 0 Å². The number of hydrogen-bond acceptors (Lipinski definition) is 2. The van der Waals surface area contributed by atoms with Crippen molar-refractivity contribution in [1.29, 1.82) is 0 Å². The fourth-order valence-corrected chi connectivity index (χ4v) is 3.59. The van der Waals surface area contributed by atoms with Crippen LogP contribution in [0.25, 0.3) is 0 Å². The van der Waals surface area contributed by atoms with Gasteiger partial charge in [0.15, 0.2) is 0 Å². The molecule has 0 radical (unpaired) electrons. The summed E-state index contributed by atoms with van der Waals surface area (Å²) in [4.78, 5) is 23.0. The Balaban J connectivity index is 2.24. The van der Waals surface area contributed by atoms with E-state index >= 15 is 0 Å². The number of allylic oxidation sites excluding steroid dienone is 2. The molecule has 20 heavy (non-hydrogen) atoms. The molecule has 110 valence electrons. The van der Waals surface area contributed by atoms with E-state index in [1.165, 1.54) is 6.42 Å². The molecule has 2 aliphatic carbocycles. The van der Waals surface area contributed by atoms with E-state index in [4.69, 9.17) is 0 Å². The van der Waals surface area contributed by atoms with Crippen molar-refractivity contribution in [2.45, 2.75) is 51.9 Å². The van der Waals surface area contributed by atoms with E-state index in [2.05, 4.69) is 0 Å². The maximum Gasteiger partial charge on any atom is 0.331 e. The molecule has 1 saturated carbocycles. The molecule has 1 unspecified atom stereocenters. The number of aliphatic carboxylic acids is 2. The van der Waals surface area contributed by atoms with Crippen molar-refractivity contribution >= 4 is 11.9 Å². The lowest BCUT2D eigenvalue weighted by Gasteiger charge is -2.34. The average Bonchev–Trinajstić information content (AvgIpc) is 2.39. The van der Waals surface area contributed by atoms with Crippen LogP contribution < -0.4 is 0 Å². The lowest BCUT2D eigenvalue weighted by Crippen LogP contribution is -2.35. The Kier molecular flexibility index (Phi) is 4.31. The highest BCUT2D eigenvalue weighted by atomic mass is 16.4. The largest absolute Gasteiger partial charge is 0.481 e. The molecule has 1 atom stereocenters. The van der Waals surface area contributed by atoms with E-state index in [1.54, 1.807) is 19.1 Å². The minimum atomic E-state index is -1.03. The summed E-state index contributed by atoms with van der Waals surface area (Å²) in [5.41, 5.74) is -0.0794. The maximum absolute atomic E-state index is 11.8. The fourth-order valence-electron chi connectivity index (χ4n) is 3.59. The number of carbonyl (C=O) groups is 2. The SMILES string of the molecule is CC1=CC(CC2CCCCC2)(C(=O)O)CC(C(=O)O)=C1. The van der Waals surface area contributed by atoms with Crippen molar-refractivity contribution in [2.75, 3.05) is 0 Å². The van der Waals surface area contributed by atoms with Gasteiger partial charge in [0, 0.05) is 5.57 Å². The van der Waals surface area contributed by atoms with Gasteiger partial charge < -0.3 is 10.2 Å². The van der Waals surface area contributed by atoms with Crippen LogP contribution in [0.4, 0.5) is 0 Å². The first kappa shape index (κ1) is 14.8. The summed E-state index contributed by atoms with van der Waals surface area (Å²) >= 11 is 0. The Bertz CT molecular complexity index is 469. The molecule has 4 nitrogen and oxygen atoms in total. The molecule has 0 heterocycles. The molecule has 1 fully saturated rings. The Hall–Kier alpha value is -1.58. The Morgan fingerprint density at radius 2 is 1.90 bits per heavy atom. The van der Waals surface area contributed by atoms with Gasteiger partial charge in [-0.3, -0.25) is 4.79 Å². The van der Waals surface area contributed by atoms with Crippen LogP contribution in [0.1, 0.15) is 51.9 Å². The lowest BCUT2D eigenvalue weighted by molar-refractivity contribution is -0.147. The molecule has 0 bridgehead atoms. The highest BCUT2D eigenvalue weighted by Gasteiger charge is 2.42. The number of carboxylic acid groups (broad SMARTS) is 2. The minimum Gasteiger partial charge on any atom is -0.481 e. The Morgan fingerprint density at radius 3 is 2.45 bits per heavy atom. The van der Waals surface area contributed by atoms with Gasteiger partial charge in [0.1, 0.15) is 0 Å². The van der Waals surface area contributed by atoms with E-state index in [-0.39, 0.29) is 12.0 Å². The van der Waals surface area contributed by atoms with Gasteiger partial charge in [-0.1, -0.05) is 43.8 Å². The van der Waals surface area contributed by atoms with Gasteiger partial charge in [-0.05, 0) is 31.8 Å². The van der Waals surface area contributed by atoms with Crippen molar-refractivity contribution in [1.82, 2.24) is 0 Å². The second-order valence-electron chi connectivity index (χ2n) is 6.21.